The molecule has 0 aliphatic carbocycles. The average Bonchev–Trinajstić information content (AvgIpc) is 1.52. The van der Waals surface area contributed by atoms with E-state index in [1.165, 1.54) is 76.2 Å². The fourth-order valence-corrected chi connectivity index (χ4v) is 12.0. The van der Waals surface area contributed by atoms with Crippen LogP contribution in [0, 0.1) is 87.7 Å². The number of hydrogen-bond donors (Lipinski definition) is 2. The molecule has 4 aromatic carbocycles. The van der Waals surface area contributed by atoms with Crippen molar-refractivity contribution in [3.8, 4) is 0 Å². The molecule has 86 heavy (non-hydrogen) atoms. The van der Waals surface area contributed by atoms with Gasteiger partial charge in [0.25, 0.3) is 0 Å². The maximum Gasteiger partial charge on any atom is 0.416 e. The Labute approximate surface area is 535 Å². The first-order chi connectivity index (χ1) is 38.9. The number of carbonyl (C=O) groups is 4. The number of urea groups is 2. The third-order valence-corrected chi connectivity index (χ3v) is 17.0. The van der Waals surface area contributed by atoms with Gasteiger partial charge in [0.2, 0.25) is 0 Å². The molecule has 28 heteroatoms. The number of esters is 2. The van der Waals surface area contributed by atoms with E-state index in [-0.39, 0.29) is 98.6 Å². The largest absolute Gasteiger partial charge is 0.468 e. The Kier molecular flexibility index (Phi) is 23.2. The smallest absolute Gasteiger partial charge is 0.416 e. The van der Waals surface area contributed by atoms with Crippen molar-refractivity contribution >= 4 is 24.0 Å². The first kappa shape index (κ1) is 72.2. The molecule has 0 aromatic heterocycles. The van der Waals surface area contributed by atoms with E-state index in [1.807, 2.05) is 0 Å². The number of rotatable bonds is 8. The van der Waals surface area contributed by atoms with Gasteiger partial charge in [-0.25, -0.2) is 18.4 Å². The number of carbonyl (C=O) groups excluding carboxylic acids is 4. The fraction of sp³-hybridized carbons (Fsp3) is 0.517. The number of likely N-dealkylation sites (tertiary alicyclic amines) is 2. The maximum absolute atomic E-state index is 14.0. The number of methoxy groups -OCH3 is 2. The van der Waals surface area contributed by atoms with Crippen molar-refractivity contribution < 1.29 is 152 Å². The number of nitrogens with zero attached hydrogens (tertiary/aromatic N) is 4. The Hall–Kier alpha value is -4.60. The van der Waals surface area contributed by atoms with Gasteiger partial charge in [0.05, 0.1) is 60.6 Å². The number of aryl methyl sites for hydroxylation is 2. The minimum absolute atomic E-state index is 0. The van der Waals surface area contributed by atoms with Crippen molar-refractivity contribution in [3.05, 3.63) is 140 Å². The van der Waals surface area contributed by atoms with Gasteiger partial charge in [-0.2, -0.15) is 52.7 Å². The molecule has 2 unspecified atom stereocenters. The van der Waals surface area contributed by atoms with E-state index >= 15 is 0 Å². The molecule has 4 aliphatic heterocycles. The average molecular weight is 1680 g/mol. The predicted octanol–water partition coefficient (Wildman–Crippen LogP) is 13.6. The van der Waals surface area contributed by atoms with Crippen molar-refractivity contribution in [2.45, 2.75) is 151 Å². The van der Waals surface area contributed by atoms with Gasteiger partial charge in [-0.1, -0.05) is 12.1 Å². The van der Waals surface area contributed by atoms with E-state index in [4.69, 9.17) is 9.47 Å². The van der Waals surface area contributed by atoms with Crippen molar-refractivity contribution in [1.29, 1.82) is 0 Å². The van der Waals surface area contributed by atoms with E-state index in [0.29, 0.717) is 97.9 Å². The van der Waals surface area contributed by atoms with Gasteiger partial charge >= 0.3 is 48.7 Å². The van der Waals surface area contributed by atoms with Crippen LogP contribution in [-0.4, -0.2) is 108 Å². The number of hydrogen-bond acceptors (Lipinski definition) is 8. The van der Waals surface area contributed by atoms with E-state index in [1.54, 1.807) is 26.0 Å². The topological polar surface area (TPSA) is 124 Å². The van der Waals surface area contributed by atoms with Gasteiger partial charge < -0.3 is 29.1 Å². The summed E-state index contributed by atoms with van der Waals surface area (Å²) < 4.78 is 200. The molecule has 4 fully saturated rings. The van der Waals surface area contributed by atoms with Crippen molar-refractivity contribution in [1.82, 2.24) is 30.2 Å². The molecule has 4 saturated heterocycles. The van der Waals surface area contributed by atoms with Gasteiger partial charge in [-0.3, -0.25) is 20.2 Å². The van der Waals surface area contributed by atoms with Crippen LogP contribution >= 0.6 is 0 Å². The zero-order chi connectivity index (χ0) is 62.4. The molecule has 0 bridgehead atoms. The van der Waals surface area contributed by atoms with Crippen LogP contribution in [0.25, 0.3) is 0 Å². The van der Waals surface area contributed by atoms with Crippen molar-refractivity contribution in [2.75, 3.05) is 41.4 Å². The van der Waals surface area contributed by atoms with Crippen LogP contribution in [0.4, 0.5) is 71.1 Å². The first-order valence-electron chi connectivity index (χ1n) is 26.8. The van der Waals surface area contributed by atoms with Gasteiger partial charge in [-0.15, -0.1) is 0 Å². The third kappa shape index (κ3) is 16.2. The SMILES string of the molecule is COC(=O)C1CC[C@]2(CCN(C(=O)N(C)[C@H](C)c3cc(C(F)(F)F)cc(C(F)(F)F)c3)[C@@H](c3ccc(F)cc3C)C2)N1.COC(=O)C1CC[C@]2(CCN(C(=O)N(C)[C@H](C)c3cc(C(F)(F)F)cc(C(F)(F)F)c3)[C@@H](c3ccc(F)cc3C)C2)N1.[U].[U]. The van der Waals surface area contributed by atoms with E-state index in [0.717, 1.165) is 9.80 Å². The van der Waals surface area contributed by atoms with Gasteiger partial charge in [0, 0.05) is 100 Å². The van der Waals surface area contributed by atoms with Crippen LogP contribution < -0.4 is 10.6 Å². The summed E-state index contributed by atoms with van der Waals surface area (Å²) in [7, 11) is 5.22. The minimum Gasteiger partial charge on any atom is -0.468 e. The molecule has 8 rings (SSSR count). The molecule has 468 valence electrons. The Bertz CT molecular complexity index is 2850. The van der Waals surface area contributed by atoms with Crippen LogP contribution in [0.5, 0.6) is 0 Å². The quantitative estimate of drug-likeness (QED) is 0.132. The molecular formula is C58H64F14N6O6U2. The van der Waals surface area contributed by atoms with Crippen LogP contribution in [0.3, 0.4) is 0 Å². The summed E-state index contributed by atoms with van der Waals surface area (Å²) in [5, 5.41) is 6.70. The molecule has 8 atom stereocenters. The second kappa shape index (κ2) is 27.7. The monoisotopic (exact) mass is 1680 g/mol. The summed E-state index contributed by atoms with van der Waals surface area (Å²) in [5.41, 5.74) is -5.15. The Morgan fingerprint density at radius 2 is 0.826 bits per heavy atom. The van der Waals surface area contributed by atoms with Crippen LogP contribution in [0.1, 0.15) is 145 Å². The number of nitrogens with one attached hydrogen (secondary N) is 2. The van der Waals surface area contributed by atoms with Crippen LogP contribution in [0.2, 0.25) is 0 Å². The molecule has 4 heterocycles. The summed E-state index contributed by atoms with van der Waals surface area (Å²) in [6.07, 6.45) is -16.3. The Balaban J connectivity index is 0.000000307. The molecule has 12 nitrogen and oxygen atoms in total. The normalized spacial score (nSPS) is 23.1. The molecule has 4 aliphatic rings. The number of alkyl halides is 12. The second-order valence-electron chi connectivity index (χ2n) is 22.2. The third-order valence-electron chi connectivity index (χ3n) is 17.0. The summed E-state index contributed by atoms with van der Waals surface area (Å²) in [5.74, 6) is -1.76. The van der Waals surface area contributed by atoms with Gasteiger partial charge in [0.1, 0.15) is 23.7 Å². The molecule has 4 aromatic rings. The predicted molar refractivity (Wildman–Crippen MR) is 277 cm³/mol. The number of piperidine rings is 2. The first-order valence-corrected chi connectivity index (χ1v) is 26.8. The minimum atomic E-state index is -5.03. The van der Waals surface area contributed by atoms with E-state index < -0.39 is 130 Å². The molecule has 2 N–H and O–H groups in total. The zero-order valence-electron chi connectivity index (χ0n) is 48.0. The summed E-state index contributed by atoms with van der Waals surface area (Å²) >= 11 is 0. The molecule has 2 spiro atoms. The van der Waals surface area contributed by atoms with Gasteiger partial charge in [0.15, 0.2) is 0 Å². The number of ether oxygens (including phenoxy) is 2. The van der Waals surface area contributed by atoms with Crippen LogP contribution in [0.15, 0.2) is 72.8 Å². The van der Waals surface area contributed by atoms with E-state index in [9.17, 15) is 80.6 Å². The Morgan fingerprint density at radius 3 is 1.09 bits per heavy atom. The van der Waals surface area contributed by atoms with E-state index in [2.05, 4.69) is 10.6 Å². The van der Waals surface area contributed by atoms with Crippen molar-refractivity contribution in [3.63, 3.8) is 0 Å². The number of benzene rings is 4. The van der Waals surface area contributed by atoms with Crippen molar-refractivity contribution in [2.24, 2.45) is 0 Å². The fourth-order valence-electron chi connectivity index (χ4n) is 12.0. The molecule has 4 amide bonds. The Morgan fingerprint density at radius 1 is 0.523 bits per heavy atom. The molecule has 0 saturated carbocycles. The summed E-state index contributed by atoms with van der Waals surface area (Å²) in [6, 6.07) is 5.05. The number of halogens is 14. The zero-order valence-corrected chi connectivity index (χ0v) is 56.3. The van der Waals surface area contributed by atoms with Crippen LogP contribution in [-0.2, 0) is 43.8 Å². The van der Waals surface area contributed by atoms with Gasteiger partial charge in [-0.05, 0) is 173 Å². The molecular weight excluding hydrogens is 1620 g/mol. The molecule has 0 radical (unpaired) electrons. The summed E-state index contributed by atoms with van der Waals surface area (Å²) in [6.45, 7) is 6.45. The second-order valence-corrected chi connectivity index (χ2v) is 22.2. The number of amides is 4. The summed E-state index contributed by atoms with van der Waals surface area (Å²) in [4.78, 5) is 57.4. The maximum atomic E-state index is 14.0. The standard InChI is InChI=1S/2C29H32F7N3O3.2U/c2*1-16-11-21(30)5-6-22(16)24-15-27(8-7-23(37-27)25(40)42-4)9-10-39(24)26(41)38(3)17(2)18-12-19(28(31,32)33)14-20(13-18)29(34,35)36;;/h2*5-6,11-14,17,23-24,37H,7-10,15H2,1-4H3;;/t2*17-,23?,24-,27-;;/m11../s1.